The van der Waals surface area contributed by atoms with Gasteiger partial charge in [0, 0.05) is 6.04 Å². The SMILES string of the molecule is CCC(Cc1c(C)cc(C)cc1C)C(C)NC. The lowest BCUT2D eigenvalue weighted by Gasteiger charge is -2.24. The normalized spacial score (nSPS) is 14.7. The first kappa shape index (κ1) is 14.2. The largest absolute Gasteiger partial charge is 0.317 e. The molecule has 0 spiro atoms. The van der Waals surface area contributed by atoms with Gasteiger partial charge < -0.3 is 5.32 Å². The summed E-state index contributed by atoms with van der Waals surface area (Å²) in [4.78, 5) is 0. The van der Waals surface area contributed by atoms with E-state index in [1.807, 2.05) is 0 Å². The lowest BCUT2D eigenvalue weighted by molar-refractivity contribution is 0.380. The van der Waals surface area contributed by atoms with E-state index in [0.29, 0.717) is 6.04 Å². The minimum Gasteiger partial charge on any atom is -0.317 e. The Hall–Kier alpha value is -0.820. The average Bonchev–Trinajstić information content (AvgIpc) is 2.27. The van der Waals surface area contributed by atoms with Crippen molar-refractivity contribution in [1.29, 1.82) is 0 Å². The van der Waals surface area contributed by atoms with Crippen LogP contribution in [0.1, 0.15) is 42.5 Å². The second kappa shape index (κ2) is 6.20. The lowest BCUT2D eigenvalue weighted by atomic mass is 9.86. The van der Waals surface area contributed by atoms with Crippen LogP contribution in [-0.2, 0) is 6.42 Å². The van der Waals surface area contributed by atoms with Crippen LogP contribution in [0.2, 0.25) is 0 Å². The van der Waals surface area contributed by atoms with Gasteiger partial charge in [-0.3, -0.25) is 0 Å². The molecule has 0 amide bonds. The number of nitrogens with one attached hydrogen (secondary N) is 1. The summed E-state index contributed by atoms with van der Waals surface area (Å²) in [6.07, 6.45) is 2.42. The highest BCUT2D eigenvalue weighted by Gasteiger charge is 2.16. The van der Waals surface area contributed by atoms with Crippen molar-refractivity contribution < 1.29 is 0 Å². The first-order valence-electron chi connectivity index (χ1n) is 6.73. The molecule has 0 bridgehead atoms. The molecular formula is C16H27N. The van der Waals surface area contributed by atoms with E-state index in [-0.39, 0.29) is 0 Å². The maximum absolute atomic E-state index is 3.39. The lowest BCUT2D eigenvalue weighted by Crippen LogP contribution is -2.31. The van der Waals surface area contributed by atoms with Gasteiger partial charge in [-0.2, -0.15) is 0 Å². The van der Waals surface area contributed by atoms with E-state index in [4.69, 9.17) is 0 Å². The van der Waals surface area contributed by atoms with Crippen LogP contribution < -0.4 is 5.32 Å². The third-order valence-electron chi connectivity index (χ3n) is 3.99. The van der Waals surface area contributed by atoms with Gasteiger partial charge in [0.2, 0.25) is 0 Å². The molecule has 96 valence electrons. The summed E-state index contributed by atoms with van der Waals surface area (Å²) in [5, 5.41) is 3.39. The van der Waals surface area contributed by atoms with Crippen molar-refractivity contribution in [2.45, 2.75) is 53.5 Å². The summed E-state index contributed by atoms with van der Waals surface area (Å²) in [6, 6.07) is 5.19. The molecule has 17 heavy (non-hydrogen) atoms. The predicted octanol–water partition coefficient (Wildman–Crippen LogP) is 3.79. The Labute approximate surface area is 107 Å². The van der Waals surface area contributed by atoms with Crippen molar-refractivity contribution in [1.82, 2.24) is 5.32 Å². The van der Waals surface area contributed by atoms with Gasteiger partial charge in [0.05, 0.1) is 0 Å². The number of hydrogen-bond donors (Lipinski definition) is 1. The molecule has 0 radical (unpaired) electrons. The molecule has 1 rings (SSSR count). The molecule has 1 aromatic rings. The monoisotopic (exact) mass is 233 g/mol. The van der Waals surface area contributed by atoms with Gasteiger partial charge in [0.15, 0.2) is 0 Å². The highest BCUT2D eigenvalue weighted by molar-refractivity contribution is 5.37. The van der Waals surface area contributed by atoms with E-state index in [1.54, 1.807) is 5.56 Å². The molecule has 0 aliphatic carbocycles. The zero-order chi connectivity index (χ0) is 13.0. The highest BCUT2D eigenvalue weighted by Crippen LogP contribution is 2.23. The molecule has 2 unspecified atom stereocenters. The molecule has 1 heteroatoms. The van der Waals surface area contributed by atoms with Gasteiger partial charge >= 0.3 is 0 Å². The predicted molar refractivity (Wildman–Crippen MR) is 76.7 cm³/mol. The summed E-state index contributed by atoms with van der Waals surface area (Å²) in [5.74, 6) is 0.722. The Morgan fingerprint density at radius 1 is 1.12 bits per heavy atom. The third-order valence-corrected chi connectivity index (χ3v) is 3.99. The van der Waals surface area contributed by atoms with Crippen molar-refractivity contribution in [2.75, 3.05) is 7.05 Å². The van der Waals surface area contributed by atoms with Crippen LogP contribution in [-0.4, -0.2) is 13.1 Å². The molecule has 0 aliphatic rings. The van der Waals surface area contributed by atoms with Gasteiger partial charge in [-0.05, 0) is 63.8 Å². The Morgan fingerprint density at radius 2 is 1.65 bits per heavy atom. The molecule has 0 aromatic heterocycles. The van der Waals surface area contributed by atoms with E-state index in [1.165, 1.54) is 29.5 Å². The van der Waals surface area contributed by atoms with Crippen molar-refractivity contribution in [3.63, 3.8) is 0 Å². The fraction of sp³-hybridized carbons (Fsp3) is 0.625. The van der Waals surface area contributed by atoms with Gasteiger partial charge in [0.1, 0.15) is 0 Å². The van der Waals surface area contributed by atoms with E-state index in [0.717, 1.165) is 5.92 Å². The molecule has 0 saturated carbocycles. The van der Waals surface area contributed by atoms with Crippen LogP contribution in [0.15, 0.2) is 12.1 Å². The minimum atomic E-state index is 0.583. The summed E-state index contributed by atoms with van der Waals surface area (Å²) >= 11 is 0. The van der Waals surface area contributed by atoms with Crippen molar-refractivity contribution in [3.05, 3.63) is 34.4 Å². The fourth-order valence-electron chi connectivity index (χ4n) is 2.70. The molecule has 0 heterocycles. The Bertz CT molecular complexity index is 345. The summed E-state index contributed by atoms with van der Waals surface area (Å²) in [5.41, 5.74) is 5.82. The van der Waals surface area contributed by atoms with Gasteiger partial charge in [-0.15, -0.1) is 0 Å². The first-order chi connectivity index (χ1) is 7.99. The summed E-state index contributed by atoms with van der Waals surface area (Å²) in [6.45, 7) is 11.2. The van der Waals surface area contributed by atoms with Crippen molar-refractivity contribution in [3.8, 4) is 0 Å². The Morgan fingerprint density at radius 3 is 2.06 bits per heavy atom. The third kappa shape index (κ3) is 3.57. The molecule has 2 atom stereocenters. The van der Waals surface area contributed by atoms with Gasteiger partial charge in [-0.1, -0.05) is 31.0 Å². The molecular weight excluding hydrogens is 206 g/mol. The Kier molecular flexibility index (Phi) is 5.20. The number of benzene rings is 1. The molecule has 0 saturated heterocycles. The topological polar surface area (TPSA) is 12.0 Å². The summed E-state index contributed by atoms with van der Waals surface area (Å²) < 4.78 is 0. The number of hydrogen-bond acceptors (Lipinski definition) is 1. The van der Waals surface area contributed by atoms with Crippen LogP contribution in [0.25, 0.3) is 0 Å². The van der Waals surface area contributed by atoms with Crippen LogP contribution >= 0.6 is 0 Å². The number of rotatable bonds is 5. The standard InChI is InChI=1S/C16H27N/c1-7-15(14(5)17-6)10-16-12(3)8-11(2)9-13(16)4/h8-9,14-15,17H,7,10H2,1-6H3. The molecule has 0 fully saturated rings. The maximum atomic E-state index is 3.39. The van der Waals surface area contributed by atoms with Gasteiger partial charge in [0.25, 0.3) is 0 Å². The van der Waals surface area contributed by atoms with Crippen LogP contribution in [0.4, 0.5) is 0 Å². The fourth-order valence-corrected chi connectivity index (χ4v) is 2.70. The van der Waals surface area contributed by atoms with E-state index >= 15 is 0 Å². The van der Waals surface area contributed by atoms with Crippen LogP contribution in [0, 0.1) is 26.7 Å². The Balaban J connectivity index is 2.93. The zero-order valence-corrected chi connectivity index (χ0v) is 12.2. The van der Waals surface area contributed by atoms with E-state index in [2.05, 4.69) is 59.1 Å². The maximum Gasteiger partial charge on any atom is 0.00670 e. The van der Waals surface area contributed by atoms with Crippen molar-refractivity contribution in [2.24, 2.45) is 5.92 Å². The van der Waals surface area contributed by atoms with Crippen molar-refractivity contribution >= 4 is 0 Å². The van der Waals surface area contributed by atoms with Crippen LogP contribution in [0.5, 0.6) is 0 Å². The molecule has 1 N–H and O–H groups in total. The smallest absolute Gasteiger partial charge is 0.00670 e. The second-order valence-electron chi connectivity index (χ2n) is 5.33. The average molecular weight is 233 g/mol. The second-order valence-corrected chi connectivity index (χ2v) is 5.33. The summed E-state index contributed by atoms with van der Waals surface area (Å²) in [7, 11) is 2.06. The van der Waals surface area contributed by atoms with Gasteiger partial charge in [-0.25, -0.2) is 0 Å². The number of aryl methyl sites for hydroxylation is 3. The zero-order valence-electron chi connectivity index (χ0n) is 12.2. The van der Waals surface area contributed by atoms with Crippen LogP contribution in [0.3, 0.4) is 0 Å². The minimum absolute atomic E-state index is 0.583. The molecule has 1 nitrogen and oxygen atoms in total. The quantitative estimate of drug-likeness (QED) is 0.816. The van der Waals surface area contributed by atoms with E-state index in [9.17, 15) is 0 Å². The molecule has 1 aromatic carbocycles. The molecule has 0 aliphatic heterocycles. The van der Waals surface area contributed by atoms with E-state index < -0.39 is 0 Å². The first-order valence-corrected chi connectivity index (χ1v) is 6.73. The highest BCUT2D eigenvalue weighted by atomic mass is 14.9.